The van der Waals surface area contributed by atoms with Gasteiger partial charge in [-0.1, -0.05) is 0 Å². The molecule has 0 aromatic heterocycles. The number of ether oxygens (including phenoxy) is 1. The molecule has 0 spiro atoms. The van der Waals surface area contributed by atoms with Gasteiger partial charge >= 0.3 is 0 Å². The van der Waals surface area contributed by atoms with E-state index >= 15 is 0 Å². The van der Waals surface area contributed by atoms with E-state index < -0.39 is 0 Å². The Balaban J connectivity index is 3.16. The summed E-state index contributed by atoms with van der Waals surface area (Å²) in [5.74, 6) is -0.368. The van der Waals surface area contributed by atoms with E-state index in [4.69, 9.17) is 16.2 Å². The fourth-order valence-electron chi connectivity index (χ4n) is 1.12. The summed E-state index contributed by atoms with van der Waals surface area (Å²) in [6.07, 6.45) is 0. The topological polar surface area (TPSA) is 102 Å². The van der Waals surface area contributed by atoms with E-state index in [0.29, 0.717) is 5.56 Å². The number of rotatable bonds is 3. The number of benzene rings is 1. The fourth-order valence-corrected chi connectivity index (χ4v) is 1.12. The van der Waals surface area contributed by atoms with Gasteiger partial charge in [0.2, 0.25) is 5.75 Å². The molecule has 5 heteroatoms. The van der Waals surface area contributed by atoms with E-state index in [1.807, 2.05) is 0 Å². The fraction of sp³-hybridized carbons (Fsp3) is 0.333. The number of phenolic OH excluding ortho intramolecular Hbond substituents is 2. The summed E-state index contributed by atoms with van der Waals surface area (Å²) in [7, 11) is 1.40. The maximum Gasteiger partial charge on any atom is 0.200 e. The Morgan fingerprint density at radius 2 is 2.07 bits per heavy atom. The minimum absolute atomic E-state index is 0.184. The number of hydrogen-bond acceptors (Lipinski definition) is 5. The van der Waals surface area contributed by atoms with Crippen LogP contribution in [0.25, 0.3) is 0 Å². The third-order valence-electron chi connectivity index (χ3n) is 1.98. The highest BCUT2D eigenvalue weighted by molar-refractivity contribution is 5.52. The van der Waals surface area contributed by atoms with Crippen LogP contribution in [0.4, 0.5) is 0 Å². The highest BCUT2D eigenvalue weighted by Crippen LogP contribution is 2.37. The third-order valence-corrected chi connectivity index (χ3v) is 1.98. The van der Waals surface area contributed by atoms with Crippen molar-refractivity contribution in [2.24, 2.45) is 11.5 Å². The van der Waals surface area contributed by atoms with Crippen molar-refractivity contribution in [3.05, 3.63) is 17.7 Å². The number of hydrogen-bond donors (Lipinski definition) is 4. The van der Waals surface area contributed by atoms with Crippen LogP contribution in [0.15, 0.2) is 12.1 Å². The summed E-state index contributed by atoms with van der Waals surface area (Å²) in [4.78, 5) is 0. The molecule has 14 heavy (non-hydrogen) atoms. The number of phenols is 2. The molecule has 1 aromatic rings. The first-order chi connectivity index (χ1) is 6.60. The van der Waals surface area contributed by atoms with Crippen molar-refractivity contribution in [1.29, 1.82) is 0 Å². The van der Waals surface area contributed by atoms with Gasteiger partial charge < -0.3 is 26.4 Å². The molecule has 1 rings (SSSR count). The average molecular weight is 198 g/mol. The van der Waals surface area contributed by atoms with Crippen molar-refractivity contribution in [1.82, 2.24) is 0 Å². The third kappa shape index (κ3) is 1.89. The Kier molecular flexibility index (Phi) is 3.16. The van der Waals surface area contributed by atoms with Crippen molar-refractivity contribution < 1.29 is 14.9 Å². The molecule has 6 N–H and O–H groups in total. The predicted molar refractivity (Wildman–Crippen MR) is 52.3 cm³/mol. The van der Waals surface area contributed by atoms with E-state index in [-0.39, 0.29) is 29.8 Å². The van der Waals surface area contributed by atoms with E-state index in [9.17, 15) is 10.2 Å². The van der Waals surface area contributed by atoms with Crippen LogP contribution in [0.2, 0.25) is 0 Å². The van der Waals surface area contributed by atoms with Crippen LogP contribution in [-0.2, 0) is 0 Å². The van der Waals surface area contributed by atoms with Gasteiger partial charge in [0.05, 0.1) is 7.11 Å². The van der Waals surface area contributed by atoms with Gasteiger partial charge in [-0.2, -0.15) is 0 Å². The Hall–Kier alpha value is -1.46. The number of nitrogens with two attached hydrogens (primary N) is 2. The number of methoxy groups -OCH3 is 1. The molecule has 0 aliphatic heterocycles. The summed E-state index contributed by atoms with van der Waals surface area (Å²) in [6, 6.07) is 2.54. The SMILES string of the molecule is COc1cc([C@@H](N)CN)cc(O)c1O. The van der Waals surface area contributed by atoms with Crippen LogP contribution < -0.4 is 16.2 Å². The molecule has 5 nitrogen and oxygen atoms in total. The predicted octanol–water partition coefficient (Wildman–Crippen LogP) is 0.0649. The lowest BCUT2D eigenvalue weighted by Crippen LogP contribution is -2.20. The first-order valence-electron chi connectivity index (χ1n) is 4.15. The zero-order valence-corrected chi connectivity index (χ0v) is 7.90. The Morgan fingerprint density at radius 1 is 1.43 bits per heavy atom. The Morgan fingerprint density at radius 3 is 2.57 bits per heavy atom. The summed E-state index contributed by atoms with van der Waals surface area (Å²) in [5, 5.41) is 18.7. The van der Waals surface area contributed by atoms with E-state index in [0.717, 1.165) is 0 Å². The van der Waals surface area contributed by atoms with E-state index in [2.05, 4.69) is 0 Å². The average Bonchev–Trinajstić information content (AvgIpc) is 2.20. The lowest BCUT2D eigenvalue weighted by Gasteiger charge is -2.12. The molecule has 0 saturated heterocycles. The summed E-state index contributed by atoms with van der Waals surface area (Å²) in [5.41, 5.74) is 11.7. The second kappa shape index (κ2) is 4.17. The Labute approximate surface area is 81.9 Å². The van der Waals surface area contributed by atoms with Gasteiger partial charge in [-0.25, -0.2) is 0 Å². The highest BCUT2D eigenvalue weighted by atomic mass is 16.5. The van der Waals surface area contributed by atoms with Crippen LogP contribution in [0.3, 0.4) is 0 Å². The summed E-state index contributed by atoms with van der Waals surface area (Å²) in [6.45, 7) is 0.257. The lowest BCUT2D eigenvalue weighted by molar-refractivity contribution is 0.350. The van der Waals surface area contributed by atoms with E-state index in [1.54, 1.807) is 6.07 Å². The molecule has 0 radical (unpaired) electrons. The van der Waals surface area contributed by atoms with Crippen molar-refractivity contribution in [2.75, 3.05) is 13.7 Å². The molecule has 0 heterocycles. The van der Waals surface area contributed by atoms with Gasteiger partial charge in [-0.15, -0.1) is 0 Å². The number of aromatic hydroxyl groups is 2. The molecule has 0 unspecified atom stereocenters. The van der Waals surface area contributed by atoms with Crippen LogP contribution >= 0.6 is 0 Å². The normalized spacial score (nSPS) is 12.5. The molecule has 0 amide bonds. The molecule has 0 fully saturated rings. The smallest absolute Gasteiger partial charge is 0.200 e. The van der Waals surface area contributed by atoms with Gasteiger partial charge in [-0.3, -0.25) is 0 Å². The van der Waals surface area contributed by atoms with Crippen molar-refractivity contribution in [3.63, 3.8) is 0 Å². The highest BCUT2D eigenvalue weighted by Gasteiger charge is 2.12. The molecule has 0 bridgehead atoms. The van der Waals surface area contributed by atoms with Crippen LogP contribution in [0.5, 0.6) is 17.2 Å². The van der Waals surface area contributed by atoms with Gasteiger partial charge in [-0.05, 0) is 17.7 Å². The minimum atomic E-state index is -0.379. The Bertz CT molecular complexity index is 328. The molecule has 78 valence electrons. The second-order valence-corrected chi connectivity index (χ2v) is 2.93. The lowest BCUT2D eigenvalue weighted by atomic mass is 10.1. The molecular weight excluding hydrogens is 184 g/mol. The molecule has 1 aromatic carbocycles. The van der Waals surface area contributed by atoms with Gasteiger partial charge in [0, 0.05) is 12.6 Å². The van der Waals surface area contributed by atoms with Crippen LogP contribution in [-0.4, -0.2) is 23.9 Å². The summed E-state index contributed by atoms with van der Waals surface area (Å²) < 4.78 is 4.85. The van der Waals surface area contributed by atoms with Crippen LogP contribution in [0.1, 0.15) is 11.6 Å². The van der Waals surface area contributed by atoms with Gasteiger partial charge in [0.1, 0.15) is 0 Å². The largest absolute Gasteiger partial charge is 0.504 e. The van der Waals surface area contributed by atoms with Gasteiger partial charge in [0.25, 0.3) is 0 Å². The standard InChI is InChI=1S/C9H14N2O3/c1-14-8-3-5(6(11)4-10)2-7(12)9(8)13/h2-3,6,12-13H,4,10-11H2,1H3/t6-/m0/s1. The van der Waals surface area contributed by atoms with Gasteiger partial charge in [0.15, 0.2) is 11.5 Å². The zero-order chi connectivity index (χ0) is 10.7. The monoisotopic (exact) mass is 198 g/mol. The summed E-state index contributed by atoms with van der Waals surface area (Å²) >= 11 is 0. The zero-order valence-electron chi connectivity index (χ0n) is 7.90. The molecular formula is C9H14N2O3. The quantitative estimate of drug-likeness (QED) is 0.514. The maximum absolute atomic E-state index is 9.33. The van der Waals surface area contributed by atoms with Crippen molar-refractivity contribution in [3.8, 4) is 17.2 Å². The van der Waals surface area contributed by atoms with Crippen molar-refractivity contribution >= 4 is 0 Å². The molecule has 0 aliphatic rings. The first kappa shape index (κ1) is 10.6. The molecule has 0 saturated carbocycles. The second-order valence-electron chi connectivity index (χ2n) is 2.93. The maximum atomic E-state index is 9.33. The first-order valence-corrected chi connectivity index (χ1v) is 4.15. The van der Waals surface area contributed by atoms with Crippen molar-refractivity contribution in [2.45, 2.75) is 6.04 Å². The molecule has 0 aliphatic carbocycles. The molecule has 1 atom stereocenters. The van der Waals surface area contributed by atoms with Crippen LogP contribution in [0, 0.1) is 0 Å². The minimum Gasteiger partial charge on any atom is -0.504 e. The van der Waals surface area contributed by atoms with E-state index in [1.165, 1.54) is 13.2 Å².